The zero-order chi connectivity index (χ0) is 24.7. The Labute approximate surface area is 211 Å². The van der Waals surface area contributed by atoms with Crippen molar-refractivity contribution in [2.45, 2.75) is 30.2 Å². The molecule has 0 bridgehead atoms. The van der Waals surface area contributed by atoms with E-state index in [1.165, 1.54) is 0 Å². The second kappa shape index (κ2) is 9.13. The van der Waals surface area contributed by atoms with Gasteiger partial charge in [0.2, 0.25) is 0 Å². The van der Waals surface area contributed by atoms with E-state index in [0.717, 1.165) is 28.8 Å². The third-order valence-corrected chi connectivity index (χ3v) is 8.62. The van der Waals surface area contributed by atoms with Crippen molar-refractivity contribution < 1.29 is 17.9 Å². The molecule has 2 aliphatic rings. The molecule has 1 aliphatic heterocycles. The fourth-order valence-electron chi connectivity index (χ4n) is 4.99. The van der Waals surface area contributed by atoms with Crippen LogP contribution >= 0.6 is 11.6 Å². The summed E-state index contributed by atoms with van der Waals surface area (Å²) in [7, 11) is -0.525. The van der Waals surface area contributed by atoms with Crippen molar-refractivity contribution in [1.29, 1.82) is 0 Å². The average molecular weight is 511 g/mol. The first-order chi connectivity index (χ1) is 16.8. The van der Waals surface area contributed by atoms with Gasteiger partial charge in [0.25, 0.3) is 10.0 Å². The van der Waals surface area contributed by atoms with Crippen molar-refractivity contribution in [2.24, 2.45) is 5.92 Å². The highest BCUT2D eigenvalue weighted by Gasteiger charge is 2.38. The van der Waals surface area contributed by atoms with Crippen LogP contribution in [0.15, 0.2) is 71.6 Å². The molecule has 35 heavy (non-hydrogen) atoms. The maximum Gasteiger partial charge on any atom is 0.261 e. The van der Waals surface area contributed by atoms with E-state index in [2.05, 4.69) is 28.3 Å². The summed E-state index contributed by atoms with van der Waals surface area (Å²) in [6.07, 6.45) is 5.25. The van der Waals surface area contributed by atoms with Gasteiger partial charge in [-0.3, -0.25) is 4.72 Å². The number of halogens is 1. The van der Waals surface area contributed by atoms with E-state index in [0.29, 0.717) is 22.2 Å². The summed E-state index contributed by atoms with van der Waals surface area (Å²) in [4.78, 5) is 0.221. The Hall–Kier alpha value is -3.16. The van der Waals surface area contributed by atoms with Crippen molar-refractivity contribution in [3.63, 3.8) is 0 Å². The third-order valence-electron chi connectivity index (χ3n) is 6.84. The summed E-state index contributed by atoms with van der Waals surface area (Å²) in [6, 6.07) is 16.4. The van der Waals surface area contributed by atoms with Crippen LogP contribution in [0, 0.1) is 12.8 Å². The van der Waals surface area contributed by atoms with Crippen LogP contribution < -0.4 is 19.5 Å². The van der Waals surface area contributed by atoms with Crippen molar-refractivity contribution in [1.82, 2.24) is 0 Å². The molecule has 0 unspecified atom stereocenters. The molecule has 3 atom stereocenters. The van der Waals surface area contributed by atoms with Gasteiger partial charge < -0.3 is 14.8 Å². The highest BCUT2D eigenvalue weighted by Crippen LogP contribution is 2.51. The fraction of sp³-hybridized carbons (Fsp3) is 0.259. The molecule has 0 radical (unpaired) electrons. The summed E-state index contributed by atoms with van der Waals surface area (Å²) < 4.78 is 39.9. The van der Waals surface area contributed by atoms with E-state index >= 15 is 0 Å². The third kappa shape index (κ3) is 4.34. The van der Waals surface area contributed by atoms with Gasteiger partial charge in [-0.25, -0.2) is 8.42 Å². The molecule has 0 fully saturated rings. The minimum absolute atomic E-state index is 0.0533. The Balaban J connectivity index is 1.47. The molecule has 6 nitrogen and oxygen atoms in total. The number of methoxy groups -OCH3 is 2. The van der Waals surface area contributed by atoms with E-state index in [1.807, 2.05) is 25.1 Å². The van der Waals surface area contributed by atoms with E-state index in [9.17, 15) is 8.42 Å². The van der Waals surface area contributed by atoms with Gasteiger partial charge in [0.1, 0.15) is 0 Å². The molecule has 8 heteroatoms. The molecule has 3 aromatic rings. The molecule has 2 N–H and O–H groups in total. The Morgan fingerprint density at radius 3 is 2.54 bits per heavy atom. The number of fused-ring (bicyclic) bond motifs is 3. The van der Waals surface area contributed by atoms with Gasteiger partial charge in [-0.2, -0.15) is 0 Å². The summed E-state index contributed by atoms with van der Waals surface area (Å²) in [6.45, 7) is 1.87. The molecular formula is C27H27ClN2O4S. The minimum atomic E-state index is -3.78. The first kappa shape index (κ1) is 23.6. The number of sulfonamides is 1. The van der Waals surface area contributed by atoms with E-state index in [-0.39, 0.29) is 22.8 Å². The predicted octanol–water partition coefficient (Wildman–Crippen LogP) is 6.29. The topological polar surface area (TPSA) is 76.7 Å². The number of nitrogens with one attached hydrogen (secondary N) is 2. The van der Waals surface area contributed by atoms with Crippen LogP contribution in [0.3, 0.4) is 0 Å². The molecule has 0 amide bonds. The van der Waals surface area contributed by atoms with Crippen LogP contribution in [0.5, 0.6) is 11.5 Å². The Bertz CT molecular complexity index is 1420. The van der Waals surface area contributed by atoms with Crippen LogP contribution in [-0.4, -0.2) is 22.6 Å². The molecule has 1 aliphatic carbocycles. The number of benzene rings is 3. The van der Waals surface area contributed by atoms with Crippen LogP contribution in [0.25, 0.3) is 0 Å². The quantitative estimate of drug-likeness (QED) is 0.381. The zero-order valence-corrected chi connectivity index (χ0v) is 21.3. The van der Waals surface area contributed by atoms with Crippen LogP contribution in [-0.2, 0) is 10.0 Å². The second-order valence-electron chi connectivity index (χ2n) is 8.91. The number of rotatable bonds is 6. The molecule has 0 aromatic heterocycles. The lowest BCUT2D eigenvalue weighted by atomic mass is 9.77. The summed E-state index contributed by atoms with van der Waals surface area (Å²) >= 11 is 6.18. The highest BCUT2D eigenvalue weighted by atomic mass is 35.5. The second-order valence-corrected chi connectivity index (χ2v) is 11.0. The molecule has 5 rings (SSSR count). The van der Waals surface area contributed by atoms with Crippen molar-refractivity contribution in [2.75, 3.05) is 24.3 Å². The van der Waals surface area contributed by atoms with Gasteiger partial charge in [0.05, 0.1) is 30.8 Å². The highest BCUT2D eigenvalue weighted by molar-refractivity contribution is 7.92. The zero-order valence-electron chi connectivity index (χ0n) is 19.7. The van der Waals surface area contributed by atoms with Gasteiger partial charge in [-0.05, 0) is 78.4 Å². The number of ether oxygens (including phenoxy) is 2. The smallest absolute Gasteiger partial charge is 0.261 e. The first-order valence-corrected chi connectivity index (χ1v) is 13.2. The van der Waals surface area contributed by atoms with Crippen molar-refractivity contribution in [3.05, 3.63) is 88.5 Å². The molecule has 1 heterocycles. The summed E-state index contributed by atoms with van der Waals surface area (Å²) in [5.74, 6) is 1.73. The lowest BCUT2D eigenvalue weighted by Gasteiger charge is -2.38. The lowest BCUT2D eigenvalue weighted by molar-refractivity contribution is 0.353. The summed E-state index contributed by atoms with van der Waals surface area (Å²) in [5.41, 5.74) is 4.32. The molecule has 0 spiro atoms. The standard InChI is InChI=1S/C27H27ClN2O4S/c1-16-7-9-18(14-23(16)28)30-35(31,32)19-10-11-24-22(15-19)20-5-4-6-21(20)27(29-24)17-8-12-25(33-2)26(13-17)34-3/h4-5,7-15,20-21,27,29-30H,6H2,1-3H3/t20-,21+,27+/m0/s1. The molecule has 0 saturated heterocycles. The fourth-order valence-corrected chi connectivity index (χ4v) is 6.25. The minimum Gasteiger partial charge on any atom is -0.493 e. The van der Waals surface area contributed by atoms with Gasteiger partial charge in [-0.15, -0.1) is 0 Å². The summed E-state index contributed by atoms with van der Waals surface area (Å²) in [5, 5.41) is 4.16. The predicted molar refractivity (Wildman–Crippen MR) is 139 cm³/mol. The largest absolute Gasteiger partial charge is 0.493 e. The molecule has 0 saturated carbocycles. The maximum absolute atomic E-state index is 13.2. The molecular weight excluding hydrogens is 484 g/mol. The Kier molecular flexibility index (Phi) is 6.15. The van der Waals surface area contributed by atoms with Crippen LogP contribution in [0.2, 0.25) is 5.02 Å². The van der Waals surface area contributed by atoms with Crippen LogP contribution in [0.4, 0.5) is 11.4 Å². The van der Waals surface area contributed by atoms with Crippen molar-refractivity contribution >= 4 is 33.0 Å². The maximum atomic E-state index is 13.2. The van der Waals surface area contributed by atoms with E-state index in [1.54, 1.807) is 44.6 Å². The monoisotopic (exact) mass is 510 g/mol. The SMILES string of the molecule is COc1ccc([C@H]2Nc3ccc(S(=O)(=O)Nc4ccc(C)c(Cl)c4)cc3[C@H]3C=CC[C@H]32)cc1OC. The van der Waals surface area contributed by atoms with Gasteiger partial charge in [0, 0.05) is 16.6 Å². The lowest BCUT2D eigenvalue weighted by Crippen LogP contribution is -2.29. The van der Waals surface area contributed by atoms with E-state index < -0.39 is 10.0 Å². The Morgan fingerprint density at radius 1 is 1.00 bits per heavy atom. The normalized spacial score (nSPS) is 20.5. The number of hydrogen-bond acceptors (Lipinski definition) is 5. The number of aryl methyl sites for hydroxylation is 1. The number of hydrogen-bond donors (Lipinski definition) is 2. The molecule has 182 valence electrons. The van der Waals surface area contributed by atoms with Crippen LogP contribution in [0.1, 0.15) is 35.1 Å². The van der Waals surface area contributed by atoms with Gasteiger partial charge in [0.15, 0.2) is 11.5 Å². The average Bonchev–Trinajstić information content (AvgIpc) is 3.35. The molecule has 3 aromatic carbocycles. The van der Waals surface area contributed by atoms with Gasteiger partial charge in [-0.1, -0.05) is 35.9 Å². The Morgan fingerprint density at radius 2 is 1.80 bits per heavy atom. The number of allylic oxidation sites excluding steroid dienone is 2. The first-order valence-electron chi connectivity index (χ1n) is 11.4. The number of anilines is 2. The van der Waals surface area contributed by atoms with Gasteiger partial charge >= 0.3 is 0 Å². The van der Waals surface area contributed by atoms with Crippen molar-refractivity contribution in [3.8, 4) is 11.5 Å². The van der Waals surface area contributed by atoms with E-state index in [4.69, 9.17) is 21.1 Å².